The number of nitrogens with one attached hydrogen (secondary N) is 1. The van der Waals surface area contributed by atoms with E-state index in [9.17, 15) is 4.79 Å². The van der Waals surface area contributed by atoms with Gasteiger partial charge in [-0.1, -0.05) is 0 Å². The molecule has 120 valence electrons. The quantitative estimate of drug-likeness (QED) is 0.717. The molecule has 3 rings (SSSR count). The maximum Gasteiger partial charge on any atom is 0.230 e. The summed E-state index contributed by atoms with van der Waals surface area (Å²) in [5.41, 5.74) is -0.355. The maximum atomic E-state index is 12.7. The van der Waals surface area contributed by atoms with Crippen LogP contribution in [-0.4, -0.2) is 76.6 Å². The van der Waals surface area contributed by atoms with Crippen LogP contribution >= 0.6 is 0 Å². The Kier molecular flexibility index (Phi) is 4.78. The van der Waals surface area contributed by atoms with Crippen molar-refractivity contribution in [1.82, 2.24) is 10.2 Å². The Labute approximate surface area is 126 Å². The largest absolute Gasteiger partial charge is 0.383 e. The van der Waals surface area contributed by atoms with Crippen LogP contribution < -0.4 is 5.32 Å². The highest BCUT2D eigenvalue weighted by atomic mass is 16.5. The Morgan fingerprint density at radius 3 is 2.95 bits per heavy atom. The van der Waals surface area contributed by atoms with Crippen LogP contribution in [0.25, 0.3) is 0 Å². The molecule has 21 heavy (non-hydrogen) atoms. The molecule has 1 amide bonds. The van der Waals surface area contributed by atoms with Gasteiger partial charge in [-0.15, -0.1) is 0 Å². The smallest absolute Gasteiger partial charge is 0.230 e. The lowest BCUT2D eigenvalue weighted by Crippen LogP contribution is -2.48. The number of ether oxygens (including phenoxy) is 3. The number of hydrogen-bond acceptors (Lipinski definition) is 5. The van der Waals surface area contributed by atoms with E-state index in [-0.39, 0.29) is 11.3 Å². The highest BCUT2D eigenvalue weighted by molar-refractivity contribution is 5.84. The standard InChI is InChI=1S/C15H26N2O4/c1-19-7-4-16-14(18)15-10-17(8-12(15)9-21-11-15)13-2-5-20-6-3-13/h12-13H,2-11H2,1H3,(H,16,18)/t12-,15-/m1/s1. The number of carbonyl (C=O) groups excluding carboxylic acids is 1. The van der Waals surface area contributed by atoms with E-state index < -0.39 is 0 Å². The molecule has 0 aliphatic carbocycles. The van der Waals surface area contributed by atoms with Gasteiger partial charge in [0.05, 0.1) is 25.2 Å². The molecule has 1 N–H and O–H groups in total. The van der Waals surface area contributed by atoms with Crippen LogP contribution in [-0.2, 0) is 19.0 Å². The van der Waals surface area contributed by atoms with Gasteiger partial charge in [0, 0.05) is 51.9 Å². The molecule has 3 heterocycles. The molecule has 0 unspecified atom stereocenters. The van der Waals surface area contributed by atoms with Crippen molar-refractivity contribution in [2.75, 3.05) is 59.8 Å². The van der Waals surface area contributed by atoms with E-state index in [0.29, 0.717) is 38.3 Å². The van der Waals surface area contributed by atoms with Crippen molar-refractivity contribution in [3.8, 4) is 0 Å². The molecule has 0 aromatic heterocycles. The fourth-order valence-corrected chi connectivity index (χ4v) is 3.87. The summed E-state index contributed by atoms with van der Waals surface area (Å²) in [6, 6.07) is 0.563. The molecule has 3 aliphatic rings. The summed E-state index contributed by atoms with van der Waals surface area (Å²) in [6.07, 6.45) is 2.16. The summed E-state index contributed by atoms with van der Waals surface area (Å²) < 4.78 is 16.1. The van der Waals surface area contributed by atoms with Crippen molar-refractivity contribution in [1.29, 1.82) is 0 Å². The molecule has 6 nitrogen and oxygen atoms in total. The summed E-state index contributed by atoms with van der Waals surface area (Å²) in [5.74, 6) is 0.458. The van der Waals surface area contributed by atoms with Gasteiger partial charge in [-0.25, -0.2) is 0 Å². The normalized spacial score (nSPS) is 34.0. The van der Waals surface area contributed by atoms with Gasteiger partial charge in [0.25, 0.3) is 0 Å². The van der Waals surface area contributed by atoms with Gasteiger partial charge in [0.1, 0.15) is 0 Å². The zero-order chi connectivity index (χ0) is 14.7. The molecule has 0 spiro atoms. The minimum Gasteiger partial charge on any atom is -0.383 e. The summed E-state index contributed by atoms with van der Waals surface area (Å²) in [6.45, 7) is 5.86. The molecule has 0 radical (unpaired) electrons. The second kappa shape index (κ2) is 6.60. The highest BCUT2D eigenvalue weighted by Gasteiger charge is 2.56. The molecule has 0 saturated carbocycles. The Morgan fingerprint density at radius 1 is 1.38 bits per heavy atom. The predicted molar refractivity (Wildman–Crippen MR) is 77.0 cm³/mol. The number of likely N-dealkylation sites (tertiary alicyclic amines) is 1. The number of nitrogens with zero attached hydrogens (tertiary/aromatic N) is 1. The van der Waals surface area contributed by atoms with Gasteiger partial charge in [-0.05, 0) is 12.8 Å². The van der Waals surface area contributed by atoms with Gasteiger partial charge in [-0.2, -0.15) is 0 Å². The lowest BCUT2D eigenvalue weighted by atomic mass is 9.80. The summed E-state index contributed by atoms with van der Waals surface area (Å²) >= 11 is 0. The van der Waals surface area contributed by atoms with Gasteiger partial charge in [-0.3, -0.25) is 9.69 Å². The molecule has 3 aliphatic heterocycles. The lowest BCUT2D eigenvalue weighted by Gasteiger charge is -2.32. The van der Waals surface area contributed by atoms with Crippen LogP contribution in [0.2, 0.25) is 0 Å². The van der Waals surface area contributed by atoms with E-state index in [1.54, 1.807) is 7.11 Å². The highest BCUT2D eigenvalue weighted by Crippen LogP contribution is 2.43. The van der Waals surface area contributed by atoms with Crippen LogP contribution in [0.15, 0.2) is 0 Å². The first-order valence-electron chi connectivity index (χ1n) is 7.93. The number of amides is 1. The predicted octanol–water partition coefficient (Wildman–Crippen LogP) is -0.124. The Bertz CT molecular complexity index is 373. The molecular weight excluding hydrogens is 272 g/mol. The molecule has 6 heteroatoms. The molecule has 3 fully saturated rings. The molecule has 0 bridgehead atoms. The zero-order valence-electron chi connectivity index (χ0n) is 12.8. The molecule has 3 saturated heterocycles. The number of rotatable bonds is 5. The van der Waals surface area contributed by atoms with Crippen LogP contribution in [0.1, 0.15) is 12.8 Å². The molecule has 0 aromatic rings. The average Bonchev–Trinajstić information content (AvgIpc) is 3.06. The van der Waals surface area contributed by atoms with Crippen molar-refractivity contribution in [2.45, 2.75) is 18.9 Å². The third kappa shape index (κ3) is 2.95. The van der Waals surface area contributed by atoms with Gasteiger partial charge >= 0.3 is 0 Å². The molecular formula is C15H26N2O4. The first-order chi connectivity index (χ1) is 10.3. The summed E-state index contributed by atoms with van der Waals surface area (Å²) in [4.78, 5) is 15.1. The van der Waals surface area contributed by atoms with Crippen molar-refractivity contribution >= 4 is 5.91 Å². The van der Waals surface area contributed by atoms with Crippen LogP contribution in [0.4, 0.5) is 0 Å². The average molecular weight is 298 g/mol. The van der Waals surface area contributed by atoms with Crippen molar-refractivity contribution in [3.05, 3.63) is 0 Å². The third-order valence-electron chi connectivity index (χ3n) is 5.15. The first-order valence-corrected chi connectivity index (χ1v) is 7.93. The monoisotopic (exact) mass is 298 g/mol. The van der Waals surface area contributed by atoms with E-state index in [0.717, 1.165) is 39.1 Å². The second-order valence-electron chi connectivity index (χ2n) is 6.39. The van der Waals surface area contributed by atoms with E-state index in [1.165, 1.54) is 0 Å². The maximum absolute atomic E-state index is 12.7. The van der Waals surface area contributed by atoms with E-state index in [2.05, 4.69) is 10.2 Å². The van der Waals surface area contributed by atoms with Gasteiger partial charge in [0.15, 0.2) is 0 Å². The number of carbonyl (C=O) groups is 1. The fourth-order valence-electron chi connectivity index (χ4n) is 3.87. The SMILES string of the molecule is COCCNC(=O)[C@]12COC[C@H]1CN(C1CCOCC1)C2. The topological polar surface area (TPSA) is 60.0 Å². The summed E-state index contributed by atoms with van der Waals surface area (Å²) in [5, 5.41) is 3.02. The van der Waals surface area contributed by atoms with Gasteiger partial charge in [0.2, 0.25) is 5.91 Å². The Hall–Kier alpha value is -0.690. The molecule has 2 atom stereocenters. The van der Waals surface area contributed by atoms with Crippen LogP contribution in [0.5, 0.6) is 0 Å². The first kappa shape index (κ1) is 15.2. The third-order valence-corrected chi connectivity index (χ3v) is 5.15. The number of methoxy groups -OCH3 is 1. The number of fused-ring (bicyclic) bond motifs is 1. The van der Waals surface area contributed by atoms with Crippen LogP contribution in [0, 0.1) is 11.3 Å². The van der Waals surface area contributed by atoms with E-state index >= 15 is 0 Å². The van der Waals surface area contributed by atoms with Crippen molar-refractivity contribution in [3.63, 3.8) is 0 Å². The second-order valence-corrected chi connectivity index (χ2v) is 6.39. The fraction of sp³-hybridized carbons (Fsp3) is 0.933. The molecule has 0 aromatic carbocycles. The number of hydrogen-bond donors (Lipinski definition) is 1. The summed E-state index contributed by atoms with van der Waals surface area (Å²) in [7, 11) is 1.65. The van der Waals surface area contributed by atoms with Gasteiger partial charge < -0.3 is 19.5 Å². The van der Waals surface area contributed by atoms with Crippen LogP contribution in [0.3, 0.4) is 0 Å². The van der Waals surface area contributed by atoms with E-state index in [4.69, 9.17) is 14.2 Å². The minimum absolute atomic E-state index is 0.136. The zero-order valence-corrected chi connectivity index (χ0v) is 12.8. The Balaban J connectivity index is 1.63. The van der Waals surface area contributed by atoms with E-state index in [1.807, 2.05) is 0 Å². The van der Waals surface area contributed by atoms with Crippen molar-refractivity contribution in [2.24, 2.45) is 11.3 Å². The lowest BCUT2D eigenvalue weighted by molar-refractivity contribution is -0.132. The minimum atomic E-state index is -0.355. The van der Waals surface area contributed by atoms with Crippen molar-refractivity contribution < 1.29 is 19.0 Å². The Morgan fingerprint density at radius 2 is 2.19 bits per heavy atom.